The molecule has 9 nitrogen and oxygen atoms in total. The second-order valence-electron chi connectivity index (χ2n) is 10.9. The molecule has 0 aliphatic rings. The number of rotatable bonds is 16. The molecule has 0 spiro atoms. The molecule has 2 rings (SSSR count). The summed E-state index contributed by atoms with van der Waals surface area (Å²) in [5, 5.41) is 28.1. The van der Waals surface area contributed by atoms with Gasteiger partial charge in [-0.25, -0.2) is 22.4 Å². The number of benzene rings is 2. The predicted molar refractivity (Wildman–Crippen MR) is 168 cm³/mol. The Hall–Kier alpha value is -3.45. The Balaban J connectivity index is 2.23. The lowest BCUT2D eigenvalue weighted by Crippen LogP contribution is -2.62. The van der Waals surface area contributed by atoms with Crippen LogP contribution < -0.4 is 21.3 Å². The molecule has 0 heterocycles. The van der Waals surface area contributed by atoms with Gasteiger partial charge in [-0.2, -0.15) is 13.2 Å². The van der Waals surface area contributed by atoms with Gasteiger partial charge < -0.3 is 36.5 Å². The van der Waals surface area contributed by atoms with E-state index in [1.807, 2.05) is 5.32 Å². The lowest BCUT2D eigenvalue weighted by Gasteiger charge is -2.36. The minimum absolute atomic E-state index is 0.0673. The zero-order valence-corrected chi connectivity index (χ0v) is 27.6. The maximum absolute atomic E-state index is 14.8. The molecule has 2 aromatic rings. The Morgan fingerprint density at radius 1 is 1.04 bits per heavy atom. The molecule has 1 unspecified atom stereocenters. The third-order valence-corrected chi connectivity index (χ3v) is 7.79. The maximum atomic E-state index is 14.8. The number of carbonyl (C=O) groups excluding carboxylic acids is 2. The van der Waals surface area contributed by atoms with E-state index < -0.39 is 78.5 Å². The predicted octanol–water partition coefficient (Wildman–Crippen LogP) is 4.80. The molecule has 0 saturated carbocycles. The monoisotopic (exact) mass is 789 g/mol. The molecule has 47 heavy (non-hydrogen) atoms. The zero-order chi connectivity index (χ0) is 35.5. The van der Waals surface area contributed by atoms with E-state index in [-0.39, 0.29) is 24.2 Å². The number of hydrogen-bond acceptors (Lipinski definition) is 7. The smallest absolute Gasteiger partial charge is 0.407 e. The van der Waals surface area contributed by atoms with E-state index in [9.17, 15) is 45.4 Å². The summed E-state index contributed by atoms with van der Waals surface area (Å²) < 4.78 is 101. The summed E-state index contributed by atoms with van der Waals surface area (Å²) in [7, 11) is 0.915. The first-order chi connectivity index (χ1) is 21.9. The topological polar surface area (TPSA) is 136 Å². The molecule has 0 fully saturated rings. The van der Waals surface area contributed by atoms with Gasteiger partial charge in [-0.05, 0) is 85.0 Å². The Morgan fingerprint density at radius 3 is 2.17 bits per heavy atom. The number of amides is 2. The second-order valence-corrected chi connectivity index (χ2v) is 12.1. The van der Waals surface area contributed by atoms with Crippen LogP contribution in [0.2, 0.25) is 0 Å². The van der Waals surface area contributed by atoms with Crippen LogP contribution in [0.4, 0.5) is 35.5 Å². The van der Waals surface area contributed by atoms with Crippen LogP contribution in [0.5, 0.6) is 0 Å². The summed E-state index contributed by atoms with van der Waals surface area (Å²) in [6, 6.07) is 5.17. The normalized spacial score (nSPS) is 14.1. The number of hydrogen-bond donors (Lipinski definition) is 6. The number of ether oxygens (including phenoxy) is 1. The molecule has 2 aromatic carbocycles. The largest absolute Gasteiger partial charge is 0.453 e. The minimum Gasteiger partial charge on any atom is -0.453 e. The van der Waals surface area contributed by atoms with Crippen molar-refractivity contribution < 1.29 is 50.2 Å². The molecule has 0 saturated heterocycles. The van der Waals surface area contributed by atoms with Crippen LogP contribution in [-0.4, -0.2) is 73.8 Å². The molecule has 0 radical (unpaired) electrons. The molecule has 0 aromatic heterocycles. The first-order valence-corrected chi connectivity index (χ1v) is 15.0. The van der Waals surface area contributed by atoms with E-state index >= 15 is 0 Å². The summed E-state index contributed by atoms with van der Waals surface area (Å²) in [5.41, 5.74) is -3.16. The summed E-state index contributed by atoms with van der Waals surface area (Å²) >= 11 is 2.05. The number of alkyl halides is 5. The fourth-order valence-electron chi connectivity index (χ4n) is 4.15. The van der Waals surface area contributed by atoms with Crippen molar-refractivity contribution in [2.24, 2.45) is 5.41 Å². The Bertz CT molecular complexity index is 1380. The highest BCUT2D eigenvalue weighted by Crippen LogP contribution is 2.40. The van der Waals surface area contributed by atoms with Crippen LogP contribution in [0, 0.1) is 26.0 Å². The van der Waals surface area contributed by atoms with Gasteiger partial charge in [0.05, 0.1) is 36.9 Å². The van der Waals surface area contributed by atoms with Crippen molar-refractivity contribution in [2.75, 3.05) is 20.2 Å². The summed E-state index contributed by atoms with van der Waals surface area (Å²) in [4.78, 5) is 25.1. The Morgan fingerprint density at radius 2 is 1.64 bits per heavy atom. The molecule has 17 heteroatoms. The molecular weight excluding hydrogens is 754 g/mol. The van der Waals surface area contributed by atoms with Gasteiger partial charge >= 0.3 is 12.3 Å². The zero-order valence-electron chi connectivity index (χ0n) is 25.5. The second kappa shape index (κ2) is 17.6. The molecule has 0 aliphatic carbocycles. The number of methoxy groups -OCH3 is 1. The van der Waals surface area contributed by atoms with Gasteiger partial charge in [0, 0.05) is 27.8 Å². The molecule has 0 aliphatic heterocycles. The van der Waals surface area contributed by atoms with Crippen molar-refractivity contribution in [3.8, 4) is 0 Å². The number of aliphatic hydroxyl groups is 1. The van der Waals surface area contributed by atoms with E-state index in [1.54, 1.807) is 24.3 Å². The van der Waals surface area contributed by atoms with Crippen molar-refractivity contribution in [3.63, 3.8) is 0 Å². The van der Waals surface area contributed by atoms with Crippen LogP contribution in [0.1, 0.15) is 30.5 Å². The Labute approximate surface area is 280 Å². The maximum Gasteiger partial charge on any atom is 0.407 e. The highest BCUT2D eigenvalue weighted by Gasteiger charge is 2.56. The van der Waals surface area contributed by atoms with Crippen molar-refractivity contribution in [2.45, 2.75) is 57.6 Å². The van der Waals surface area contributed by atoms with Gasteiger partial charge in [0.25, 0.3) is 6.43 Å². The standard InChI is InChI=1S/C30H35F7IN5O4/c1-29(2,30(35,36)37)26(43-28(46)47-3)27(45)42-23(10-16-4-6-18(38)7-5-16)24(44)14-41-13-19-20(31)11-17(12-21(19)32)22(39)8-9-40-15-25(33)34/h4-9,11-12,23-26,39-41,44H,10,13-15H2,1-3H3,(H,42,45)(H,43,46)/b9-8-,39-22?/t23?,24-,26+/m0/s1. The van der Waals surface area contributed by atoms with Gasteiger partial charge in [-0.3, -0.25) is 4.79 Å². The lowest BCUT2D eigenvalue weighted by molar-refractivity contribution is -0.220. The van der Waals surface area contributed by atoms with Crippen LogP contribution >= 0.6 is 22.6 Å². The highest BCUT2D eigenvalue weighted by atomic mass is 127. The summed E-state index contributed by atoms with van der Waals surface area (Å²) in [6.07, 6.45) is -8.34. The SMILES string of the molecule is COC(=O)N[C@H](C(=O)NC(Cc1ccc(I)cc1)[C@@H](O)CNCc1c(F)cc(C(=N)/C=C\NCC(F)F)cc1F)C(C)(C)C(F)(F)F. The first kappa shape index (κ1) is 39.7. The van der Waals surface area contributed by atoms with Crippen LogP contribution in [0.25, 0.3) is 0 Å². The molecule has 0 bridgehead atoms. The number of alkyl carbamates (subject to hydrolysis) is 1. The number of allylic oxidation sites excluding steroid dienone is 1. The summed E-state index contributed by atoms with van der Waals surface area (Å²) in [5.74, 6) is -3.35. The molecule has 6 N–H and O–H groups in total. The van der Waals surface area contributed by atoms with Crippen molar-refractivity contribution in [1.82, 2.24) is 21.3 Å². The quantitative estimate of drug-likeness (QED) is 0.0823. The fraction of sp³-hybridized carbons (Fsp3) is 0.433. The molecular formula is C30H35F7IN5O4. The lowest BCUT2D eigenvalue weighted by atomic mass is 9.82. The van der Waals surface area contributed by atoms with E-state index in [2.05, 4.69) is 43.3 Å². The Kier molecular flexibility index (Phi) is 14.9. The van der Waals surface area contributed by atoms with Crippen LogP contribution in [0.3, 0.4) is 0 Å². The molecule has 2 amide bonds. The number of halogens is 8. The van der Waals surface area contributed by atoms with E-state index in [1.165, 1.54) is 0 Å². The number of nitrogens with one attached hydrogen (secondary N) is 5. The van der Waals surface area contributed by atoms with Gasteiger partial charge in [0.2, 0.25) is 5.91 Å². The molecule has 260 valence electrons. The minimum atomic E-state index is -4.94. The van der Waals surface area contributed by atoms with Gasteiger partial charge in [0.15, 0.2) is 0 Å². The number of aliphatic hydroxyl groups excluding tert-OH is 1. The average molecular weight is 790 g/mol. The van der Waals surface area contributed by atoms with E-state index in [0.29, 0.717) is 5.56 Å². The van der Waals surface area contributed by atoms with Gasteiger partial charge in [-0.15, -0.1) is 0 Å². The fourth-order valence-corrected chi connectivity index (χ4v) is 4.51. The third kappa shape index (κ3) is 11.9. The van der Waals surface area contributed by atoms with Gasteiger partial charge in [0.1, 0.15) is 17.7 Å². The van der Waals surface area contributed by atoms with Crippen molar-refractivity contribution >= 4 is 40.3 Å². The van der Waals surface area contributed by atoms with Crippen molar-refractivity contribution in [1.29, 1.82) is 5.41 Å². The number of carbonyl (C=O) groups is 2. The van der Waals surface area contributed by atoms with Crippen molar-refractivity contribution in [3.05, 3.63) is 80.6 Å². The third-order valence-electron chi connectivity index (χ3n) is 7.07. The van der Waals surface area contributed by atoms with Gasteiger partial charge in [-0.1, -0.05) is 12.1 Å². The van der Waals surface area contributed by atoms with Crippen LogP contribution in [0.15, 0.2) is 48.7 Å². The van der Waals surface area contributed by atoms with Crippen LogP contribution in [-0.2, 0) is 22.5 Å². The van der Waals surface area contributed by atoms with E-state index in [0.717, 1.165) is 48.9 Å². The summed E-state index contributed by atoms with van der Waals surface area (Å²) in [6.45, 7) is -0.0890. The highest BCUT2D eigenvalue weighted by molar-refractivity contribution is 14.1. The average Bonchev–Trinajstić information content (AvgIpc) is 2.98. The first-order valence-electron chi connectivity index (χ1n) is 14.0. The molecule has 3 atom stereocenters. The van der Waals surface area contributed by atoms with E-state index in [4.69, 9.17) is 5.41 Å².